The van der Waals surface area contributed by atoms with E-state index < -0.39 is 0 Å². The SMILES string of the molecule is CC(C)(C)c1cc(S[C@H]2CCCCCC[C@H]2O)cc(C(C)(C)C)c1. The van der Waals surface area contributed by atoms with Crippen LogP contribution < -0.4 is 0 Å². The Kier molecular flexibility index (Phi) is 6.47. The van der Waals surface area contributed by atoms with Gasteiger partial charge in [0, 0.05) is 10.1 Å². The van der Waals surface area contributed by atoms with Crippen LogP contribution in [0.25, 0.3) is 0 Å². The van der Waals surface area contributed by atoms with E-state index >= 15 is 0 Å². The van der Waals surface area contributed by atoms with Gasteiger partial charge in [-0.1, -0.05) is 73.3 Å². The Morgan fingerprint density at radius 2 is 1.29 bits per heavy atom. The number of rotatable bonds is 2. The Hall–Kier alpha value is -0.470. The third-order valence-corrected chi connectivity index (χ3v) is 6.45. The smallest absolute Gasteiger partial charge is 0.0662 e. The zero-order chi connectivity index (χ0) is 18.0. The average molecular weight is 349 g/mol. The van der Waals surface area contributed by atoms with Crippen LogP contribution in [0.15, 0.2) is 23.1 Å². The number of benzene rings is 1. The first-order valence-corrected chi connectivity index (χ1v) is 10.5. The largest absolute Gasteiger partial charge is 0.392 e. The maximum absolute atomic E-state index is 10.6. The molecule has 2 heteroatoms. The minimum absolute atomic E-state index is 0.149. The Morgan fingerprint density at radius 1 is 0.792 bits per heavy atom. The van der Waals surface area contributed by atoms with Gasteiger partial charge in [-0.05, 0) is 46.9 Å². The Labute approximate surface area is 153 Å². The summed E-state index contributed by atoms with van der Waals surface area (Å²) in [6.45, 7) is 13.7. The summed E-state index contributed by atoms with van der Waals surface area (Å²) in [6.07, 6.45) is 6.96. The second-order valence-electron chi connectivity index (χ2n) is 9.46. The molecule has 2 rings (SSSR count). The molecule has 1 aliphatic carbocycles. The quantitative estimate of drug-likeness (QED) is 0.662. The third-order valence-electron chi connectivity index (χ3n) is 5.09. The first kappa shape index (κ1) is 19.8. The molecule has 1 aromatic carbocycles. The van der Waals surface area contributed by atoms with Gasteiger partial charge in [0.05, 0.1) is 6.10 Å². The van der Waals surface area contributed by atoms with E-state index in [2.05, 4.69) is 59.7 Å². The lowest BCUT2D eigenvalue weighted by Gasteiger charge is -2.28. The van der Waals surface area contributed by atoms with Crippen molar-refractivity contribution < 1.29 is 5.11 Å². The predicted octanol–water partition coefficient (Wildman–Crippen LogP) is 6.46. The zero-order valence-electron chi connectivity index (χ0n) is 16.5. The molecular weight excluding hydrogens is 312 g/mol. The topological polar surface area (TPSA) is 20.2 Å². The van der Waals surface area contributed by atoms with Crippen molar-refractivity contribution in [1.82, 2.24) is 0 Å². The molecule has 0 aliphatic heterocycles. The minimum Gasteiger partial charge on any atom is -0.392 e. The van der Waals surface area contributed by atoms with Crippen LogP contribution in [-0.2, 0) is 10.8 Å². The van der Waals surface area contributed by atoms with Crippen molar-refractivity contribution in [1.29, 1.82) is 0 Å². The van der Waals surface area contributed by atoms with E-state index in [1.807, 2.05) is 11.8 Å². The van der Waals surface area contributed by atoms with Crippen molar-refractivity contribution in [2.75, 3.05) is 0 Å². The van der Waals surface area contributed by atoms with E-state index in [-0.39, 0.29) is 16.9 Å². The highest BCUT2D eigenvalue weighted by molar-refractivity contribution is 8.00. The van der Waals surface area contributed by atoms with Crippen molar-refractivity contribution in [3.63, 3.8) is 0 Å². The molecular formula is C22H36OS. The summed E-state index contributed by atoms with van der Waals surface area (Å²) in [7, 11) is 0. The average Bonchev–Trinajstić information content (AvgIpc) is 2.45. The van der Waals surface area contributed by atoms with Crippen LogP contribution in [0.5, 0.6) is 0 Å². The highest BCUT2D eigenvalue weighted by Gasteiger charge is 2.25. The van der Waals surface area contributed by atoms with E-state index in [4.69, 9.17) is 0 Å². The van der Waals surface area contributed by atoms with E-state index in [0.717, 1.165) is 12.8 Å². The number of hydrogen-bond acceptors (Lipinski definition) is 2. The highest BCUT2D eigenvalue weighted by atomic mass is 32.2. The monoisotopic (exact) mass is 348 g/mol. The van der Waals surface area contributed by atoms with Gasteiger partial charge in [-0.2, -0.15) is 0 Å². The van der Waals surface area contributed by atoms with E-state index in [1.54, 1.807) is 0 Å². The molecule has 24 heavy (non-hydrogen) atoms. The maximum Gasteiger partial charge on any atom is 0.0662 e. The van der Waals surface area contributed by atoms with E-state index in [9.17, 15) is 5.11 Å². The molecule has 0 saturated heterocycles. The van der Waals surface area contributed by atoms with E-state index in [0.29, 0.717) is 5.25 Å². The molecule has 0 radical (unpaired) electrons. The molecule has 0 unspecified atom stereocenters. The van der Waals surface area contributed by atoms with Crippen LogP contribution in [-0.4, -0.2) is 16.5 Å². The van der Waals surface area contributed by atoms with Crippen molar-refractivity contribution in [3.8, 4) is 0 Å². The standard InChI is InChI=1S/C22H36OS/c1-21(2,3)16-13-17(22(4,5)6)15-18(14-16)24-20-12-10-8-7-9-11-19(20)23/h13-15,19-20,23H,7-12H2,1-6H3/t19-,20+/m1/s1. The molecule has 1 saturated carbocycles. The fourth-order valence-electron chi connectivity index (χ4n) is 3.28. The fraction of sp³-hybridized carbons (Fsp3) is 0.727. The molecule has 1 nitrogen and oxygen atoms in total. The van der Waals surface area contributed by atoms with Gasteiger partial charge >= 0.3 is 0 Å². The summed E-state index contributed by atoms with van der Waals surface area (Å²) in [4.78, 5) is 1.33. The molecule has 0 aromatic heterocycles. The summed E-state index contributed by atoms with van der Waals surface area (Å²) in [6, 6.07) is 7.08. The van der Waals surface area contributed by atoms with Crippen LogP contribution >= 0.6 is 11.8 Å². The fourth-order valence-corrected chi connectivity index (χ4v) is 4.59. The van der Waals surface area contributed by atoms with Crippen LogP contribution in [0.4, 0.5) is 0 Å². The second kappa shape index (κ2) is 7.83. The van der Waals surface area contributed by atoms with Gasteiger partial charge in [-0.3, -0.25) is 0 Å². The molecule has 1 fully saturated rings. The summed E-state index contributed by atoms with van der Waals surface area (Å²) in [5.41, 5.74) is 3.10. The lowest BCUT2D eigenvalue weighted by molar-refractivity contribution is 0.148. The van der Waals surface area contributed by atoms with Gasteiger partial charge in [-0.25, -0.2) is 0 Å². The first-order valence-electron chi connectivity index (χ1n) is 9.58. The molecule has 1 N–H and O–H groups in total. The summed E-state index contributed by atoms with van der Waals surface area (Å²) in [5, 5.41) is 10.9. The van der Waals surface area contributed by atoms with Gasteiger partial charge in [0.1, 0.15) is 0 Å². The van der Waals surface area contributed by atoms with E-state index in [1.165, 1.54) is 41.7 Å². The summed E-state index contributed by atoms with van der Waals surface area (Å²) < 4.78 is 0. The lowest BCUT2D eigenvalue weighted by atomic mass is 9.81. The van der Waals surface area contributed by atoms with Gasteiger partial charge in [0.25, 0.3) is 0 Å². The van der Waals surface area contributed by atoms with Gasteiger partial charge in [0.15, 0.2) is 0 Å². The van der Waals surface area contributed by atoms with Crippen LogP contribution in [0, 0.1) is 0 Å². The molecule has 136 valence electrons. The lowest BCUT2D eigenvalue weighted by Crippen LogP contribution is -2.24. The number of thioether (sulfide) groups is 1. The molecule has 0 amide bonds. The Bertz CT molecular complexity index is 504. The molecule has 0 bridgehead atoms. The molecule has 0 spiro atoms. The van der Waals surface area contributed by atoms with Crippen molar-refractivity contribution in [2.24, 2.45) is 0 Å². The number of aliphatic hydroxyl groups is 1. The van der Waals surface area contributed by atoms with Crippen LogP contribution in [0.3, 0.4) is 0 Å². The highest BCUT2D eigenvalue weighted by Crippen LogP contribution is 2.37. The number of hydrogen-bond donors (Lipinski definition) is 1. The maximum atomic E-state index is 10.6. The summed E-state index contributed by atoms with van der Waals surface area (Å²) in [5.74, 6) is 0. The molecule has 0 heterocycles. The minimum atomic E-state index is -0.160. The van der Waals surface area contributed by atoms with Crippen LogP contribution in [0.2, 0.25) is 0 Å². The Balaban J connectivity index is 2.30. The van der Waals surface area contributed by atoms with Gasteiger partial charge < -0.3 is 5.11 Å². The summed E-state index contributed by atoms with van der Waals surface area (Å²) >= 11 is 1.91. The van der Waals surface area contributed by atoms with Crippen LogP contribution in [0.1, 0.15) is 91.2 Å². The van der Waals surface area contributed by atoms with Gasteiger partial charge in [-0.15, -0.1) is 11.8 Å². The first-order chi connectivity index (χ1) is 11.1. The number of aliphatic hydroxyl groups excluding tert-OH is 1. The Morgan fingerprint density at radius 3 is 1.79 bits per heavy atom. The van der Waals surface area contributed by atoms with Crippen molar-refractivity contribution >= 4 is 11.8 Å². The van der Waals surface area contributed by atoms with Gasteiger partial charge in [0.2, 0.25) is 0 Å². The zero-order valence-corrected chi connectivity index (χ0v) is 17.3. The van der Waals surface area contributed by atoms with Crippen molar-refractivity contribution in [2.45, 2.75) is 107 Å². The second-order valence-corrected chi connectivity index (χ2v) is 10.8. The molecule has 2 atom stereocenters. The molecule has 1 aromatic rings. The third kappa shape index (κ3) is 5.52. The normalized spacial score (nSPS) is 23.6. The molecule has 1 aliphatic rings. The van der Waals surface area contributed by atoms with Crippen molar-refractivity contribution in [3.05, 3.63) is 29.3 Å². The predicted molar refractivity (Wildman–Crippen MR) is 107 cm³/mol.